The van der Waals surface area contributed by atoms with Crippen molar-refractivity contribution in [1.29, 1.82) is 0 Å². The SMILES string of the molecule is Cc1ccc2c3c(C)cccc3n(C3CCC(=O)NC3=O)c2n1. The highest BCUT2D eigenvalue weighted by molar-refractivity contribution is 6.10. The first-order valence-electron chi connectivity index (χ1n) is 7.77. The number of piperidine rings is 1. The number of benzene rings is 1. The summed E-state index contributed by atoms with van der Waals surface area (Å²) in [6, 6.07) is 9.73. The molecular weight excluding hydrogens is 290 g/mol. The molecular formula is C18H17N3O2. The van der Waals surface area contributed by atoms with Crippen LogP contribution in [-0.2, 0) is 9.59 Å². The molecule has 23 heavy (non-hydrogen) atoms. The van der Waals surface area contributed by atoms with Gasteiger partial charge in [0, 0.05) is 22.9 Å². The second kappa shape index (κ2) is 4.91. The van der Waals surface area contributed by atoms with Crippen LogP contribution in [-0.4, -0.2) is 21.4 Å². The third-order valence-corrected chi connectivity index (χ3v) is 4.54. The number of carbonyl (C=O) groups excluding carboxylic acids is 2. The standard InChI is InChI=1S/C18H17N3O2/c1-10-4-3-5-13-16(10)12-7-6-11(2)19-17(12)21(13)14-8-9-15(22)20-18(14)23/h3-7,14H,8-9H2,1-2H3,(H,20,22,23). The number of aromatic nitrogens is 2. The fraction of sp³-hybridized carbons (Fsp3) is 0.278. The van der Waals surface area contributed by atoms with Gasteiger partial charge in [0.05, 0.1) is 5.52 Å². The van der Waals surface area contributed by atoms with E-state index in [1.54, 1.807) is 0 Å². The van der Waals surface area contributed by atoms with E-state index >= 15 is 0 Å². The zero-order chi connectivity index (χ0) is 16.1. The maximum Gasteiger partial charge on any atom is 0.249 e. The third-order valence-electron chi connectivity index (χ3n) is 4.54. The normalized spacial score (nSPS) is 18.6. The van der Waals surface area contributed by atoms with Gasteiger partial charge in [-0.05, 0) is 44.0 Å². The smallest absolute Gasteiger partial charge is 0.249 e. The Morgan fingerprint density at radius 2 is 2.00 bits per heavy atom. The summed E-state index contributed by atoms with van der Waals surface area (Å²) < 4.78 is 1.99. The number of pyridine rings is 1. The minimum atomic E-state index is -0.399. The molecule has 0 spiro atoms. The average molecular weight is 307 g/mol. The van der Waals surface area contributed by atoms with Crippen LogP contribution in [0.3, 0.4) is 0 Å². The van der Waals surface area contributed by atoms with E-state index in [2.05, 4.69) is 29.4 Å². The summed E-state index contributed by atoms with van der Waals surface area (Å²) in [6.07, 6.45) is 0.863. The molecule has 116 valence electrons. The molecule has 1 aromatic carbocycles. The number of carbonyl (C=O) groups is 2. The molecule has 1 saturated heterocycles. The van der Waals surface area contributed by atoms with Crippen molar-refractivity contribution in [2.75, 3.05) is 0 Å². The number of hydrogen-bond donors (Lipinski definition) is 1. The maximum absolute atomic E-state index is 12.4. The van der Waals surface area contributed by atoms with Crippen LogP contribution < -0.4 is 5.32 Å². The van der Waals surface area contributed by atoms with Crippen molar-refractivity contribution >= 4 is 33.8 Å². The molecule has 0 bridgehead atoms. The highest BCUT2D eigenvalue weighted by Gasteiger charge is 2.31. The largest absolute Gasteiger partial charge is 0.313 e. The highest BCUT2D eigenvalue weighted by atomic mass is 16.2. The first-order chi connectivity index (χ1) is 11.1. The summed E-state index contributed by atoms with van der Waals surface area (Å²) in [5, 5.41) is 4.62. The molecule has 3 heterocycles. The van der Waals surface area contributed by atoms with Crippen LogP contribution in [0.4, 0.5) is 0 Å². The van der Waals surface area contributed by atoms with Crippen LogP contribution in [0.2, 0.25) is 0 Å². The van der Waals surface area contributed by atoms with Gasteiger partial charge in [-0.15, -0.1) is 0 Å². The quantitative estimate of drug-likeness (QED) is 0.703. The highest BCUT2D eigenvalue weighted by Crippen LogP contribution is 2.35. The van der Waals surface area contributed by atoms with Crippen LogP contribution in [0, 0.1) is 13.8 Å². The summed E-state index contributed by atoms with van der Waals surface area (Å²) in [4.78, 5) is 28.5. The average Bonchev–Trinajstić information content (AvgIpc) is 2.82. The Bertz CT molecular complexity index is 971. The second-order valence-corrected chi connectivity index (χ2v) is 6.13. The summed E-state index contributed by atoms with van der Waals surface area (Å²) in [6.45, 7) is 4.01. The second-order valence-electron chi connectivity index (χ2n) is 6.13. The summed E-state index contributed by atoms with van der Waals surface area (Å²) in [7, 11) is 0. The maximum atomic E-state index is 12.4. The molecule has 1 N–H and O–H groups in total. The molecule has 1 aliphatic rings. The molecule has 1 aliphatic heterocycles. The van der Waals surface area contributed by atoms with E-state index in [1.807, 2.05) is 29.7 Å². The molecule has 2 amide bonds. The monoisotopic (exact) mass is 307 g/mol. The summed E-state index contributed by atoms with van der Waals surface area (Å²) >= 11 is 0. The number of rotatable bonds is 1. The van der Waals surface area contributed by atoms with Gasteiger partial charge >= 0.3 is 0 Å². The van der Waals surface area contributed by atoms with E-state index in [1.165, 1.54) is 0 Å². The summed E-state index contributed by atoms with van der Waals surface area (Å²) in [5.74, 6) is -0.447. The van der Waals surface area contributed by atoms with Crippen molar-refractivity contribution in [2.45, 2.75) is 32.7 Å². The molecule has 1 unspecified atom stereocenters. The van der Waals surface area contributed by atoms with E-state index < -0.39 is 6.04 Å². The third kappa shape index (κ3) is 2.04. The van der Waals surface area contributed by atoms with Crippen molar-refractivity contribution < 1.29 is 9.59 Å². The van der Waals surface area contributed by atoms with E-state index in [0.717, 1.165) is 33.2 Å². The summed E-state index contributed by atoms with van der Waals surface area (Å²) in [5.41, 5.74) is 3.87. The lowest BCUT2D eigenvalue weighted by atomic mass is 10.1. The van der Waals surface area contributed by atoms with Crippen LogP contribution in [0.15, 0.2) is 30.3 Å². The number of imide groups is 1. The number of aryl methyl sites for hydroxylation is 2. The van der Waals surface area contributed by atoms with Gasteiger partial charge in [-0.3, -0.25) is 14.9 Å². The van der Waals surface area contributed by atoms with Gasteiger partial charge in [-0.25, -0.2) is 4.98 Å². The van der Waals surface area contributed by atoms with E-state index in [9.17, 15) is 9.59 Å². The Kier molecular flexibility index (Phi) is 2.98. The Balaban J connectivity index is 2.07. The van der Waals surface area contributed by atoms with Crippen molar-refractivity contribution in [3.05, 3.63) is 41.6 Å². The van der Waals surface area contributed by atoms with E-state index in [0.29, 0.717) is 12.8 Å². The van der Waals surface area contributed by atoms with Crippen molar-refractivity contribution in [3.8, 4) is 0 Å². The molecule has 0 radical (unpaired) electrons. The van der Waals surface area contributed by atoms with Crippen molar-refractivity contribution in [2.24, 2.45) is 0 Å². The predicted octanol–water partition coefficient (Wildman–Crippen LogP) is 2.78. The van der Waals surface area contributed by atoms with Gasteiger partial charge in [0.2, 0.25) is 11.8 Å². The number of hydrogen-bond acceptors (Lipinski definition) is 3. The van der Waals surface area contributed by atoms with Gasteiger partial charge < -0.3 is 4.57 Å². The van der Waals surface area contributed by atoms with Crippen LogP contribution in [0.1, 0.15) is 30.1 Å². The molecule has 3 aromatic rings. The molecule has 1 atom stereocenters. The van der Waals surface area contributed by atoms with Gasteiger partial charge in [-0.1, -0.05) is 12.1 Å². The lowest BCUT2D eigenvalue weighted by molar-refractivity contribution is -0.135. The van der Waals surface area contributed by atoms with Crippen LogP contribution in [0.5, 0.6) is 0 Å². The number of fused-ring (bicyclic) bond motifs is 3. The van der Waals surface area contributed by atoms with E-state index in [4.69, 9.17) is 0 Å². The molecule has 0 aliphatic carbocycles. The molecule has 5 nitrogen and oxygen atoms in total. The molecule has 5 heteroatoms. The zero-order valence-corrected chi connectivity index (χ0v) is 13.1. The van der Waals surface area contributed by atoms with Gasteiger partial charge in [-0.2, -0.15) is 0 Å². The first-order valence-corrected chi connectivity index (χ1v) is 7.77. The van der Waals surface area contributed by atoms with Crippen LogP contribution >= 0.6 is 0 Å². The minimum absolute atomic E-state index is 0.202. The first kappa shape index (κ1) is 13.9. The van der Waals surface area contributed by atoms with Gasteiger partial charge in [0.15, 0.2) is 0 Å². The van der Waals surface area contributed by atoms with Crippen LogP contribution in [0.25, 0.3) is 21.9 Å². The topological polar surface area (TPSA) is 64.0 Å². The Morgan fingerprint density at radius 3 is 2.78 bits per heavy atom. The van der Waals surface area contributed by atoms with E-state index in [-0.39, 0.29) is 11.8 Å². The lowest BCUT2D eigenvalue weighted by Crippen LogP contribution is -2.41. The fourth-order valence-electron chi connectivity index (χ4n) is 3.48. The van der Waals surface area contributed by atoms with Crippen molar-refractivity contribution in [3.63, 3.8) is 0 Å². The minimum Gasteiger partial charge on any atom is -0.313 e. The van der Waals surface area contributed by atoms with Gasteiger partial charge in [0.25, 0.3) is 0 Å². The fourth-order valence-corrected chi connectivity index (χ4v) is 3.48. The Morgan fingerprint density at radius 1 is 1.17 bits per heavy atom. The zero-order valence-electron chi connectivity index (χ0n) is 13.1. The molecule has 1 fully saturated rings. The molecule has 0 saturated carbocycles. The number of nitrogens with one attached hydrogen (secondary N) is 1. The predicted molar refractivity (Wildman–Crippen MR) is 88.1 cm³/mol. The Labute approximate surface area is 133 Å². The molecule has 2 aromatic heterocycles. The molecule has 4 rings (SSSR count). The van der Waals surface area contributed by atoms with Crippen molar-refractivity contribution in [1.82, 2.24) is 14.9 Å². The number of amides is 2. The van der Waals surface area contributed by atoms with Gasteiger partial charge in [0.1, 0.15) is 11.7 Å². The lowest BCUT2D eigenvalue weighted by Gasteiger charge is -2.23. The number of nitrogens with zero attached hydrogens (tertiary/aromatic N) is 2. The Hall–Kier alpha value is -2.69.